The molecule has 0 saturated carbocycles. The van der Waals surface area contributed by atoms with Gasteiger partial charge in [0.1, 0.15) is 15.6 Å². The van der Waals surface area contributed by atoms with E-state index in [4.69, 9.17) is 5.73 Å². The summed E-state index contributed by atoms with van der Waals surface area (Å²) in [5, 5.41) is 17.1. The molecule has 0 bridgehead atoms. The van der Waals surface area contributed by atoms with Crippen molar-refractivity contribution in [2.75, 3.05) is 5.32 Å². The van der Waals surface area contributed by atoms with Crippen LogP contribution in [0.1, 0.15) is 29.8 Å². The summed E-state index contributed by atoms with van der Waals surface area (Å²) in [5.41, 5.74) is 6.91. The Morgan fingerprint density at radius 3 is 2.57 bits per heavy atom. The van der Waals surface area contributed by atoms with Gasteiger partial charge in [0.15, 0.2) is 0 Å². The van der Waals surface area contributed by atoms with Crippen LogP contribution in [0.15, 0.2) is 53.9 Å². The number of hydrogen-bond acceptors (Lipinski definition) is 6. The normalized spacial score (nSPS) is 11.7. The molecule has 0 fully saturated rings. The topological polar surface area (TPSA) is 88.2 Å². The Kier molecular flexibility index (Phi) is 4.66. The molecule has 0 unspecified atom stereocenters. The summed E-state index contributed by atoms with van der Waals surface area (Å²) >= 11 is 3.01. The monoisotopic (exact) mass is 409 g/mol. The van der Waals surface area contributed by atoms with Gasteiger partial charge in [0.25, 0.3) is 5.91 Å². The number of carbonyl (C=O) groups is 1. The van der Waals surface area contributed by atoms with Crippen molar-refractivity contribution in [1.82, 2.24) is 4.98 Å². The zero-order valence-corrected chi connectivity index (χ0v) is 17.0. The molecule has 4 rings (SSSR count). The molecule has 0 aliphatic heterocycles. The lowest BCUT2D eigenvalue weighted by Gasteiger charge is -2.17. The summed E-state index contributed by atoms with van der Waals surface area (Å²) in [6.45, 7) is 3.50. The third kappa shape index (κ3) is 3.64. The first-order valence-electron chi connectivity index (χ1n) is 8.69. The fourth-order valence-corrected chi connectivity index (χ4v) is 4.72. The number of benzene rings is 1. The largest absolute Gasteiger partial charge is 0.386 e. The number of nitrogens with one attached hydrogen (secondary N) is 1. The van der Waals surface area contributed by atoms with Crippen molar-refractivity contribution < 1.29 is 9.90 Å². The predicted molar refractivity (Wildman–Crippen MR) is 116 cm³/mol. The maximum atomic E-state index is 12.0. The summed E-state index contributed by atoms with van der Waals surface area (Å²) in [7, 11) is 0. The van der Waals surface area contributed by atoms with Gasteiger partial charge >= 0.3 is 0 Å². The van der Waals surface area contributed by atoms with Crippen molar-refractivity contribution in [1.29, 1.82) is 0 Å². The third-order valence-electron chi connectivity index (χ3n) is 4.43. The molecule has 0 spiro atoms. The summed E-state index contributed by atoms with van der Waals surface area (Å²) in [4.78, 5) is 18.4. The van der Waals surface area contributed by atoms with Gasteiger partial charge in [-0.3, -0.25) is 4.79 Å². The Balaban J connectivity index is 1.68. The van der Waals surface area contributed by atoms with Crippen LogP contribution in [0.2, 0.25) is 0 Å². The van der Waals surface area contributed by atoms with E-state index in [2.05, 4.69) is 10.3 Å². The van der Waals surface area contributed by atoms with E-state index >= 15 is 0 Å². The highest BCUT2D eigenvalue weighted by Crippen LogP contribution is 2.37. The van der Waals surface area contributed by atoms with Gasteiger partial charge in [0, 0.05) is 10.3 Å². The fraction of sp³-hybridized carbons (Fsp3) is 0.143. The van der Waals surface area contributed by atoms with Crippen LogP contribution in [0.3, 0.4) is 0 Å². The highest BCUT2D eigenvalue weighted by atomic mass is 32.1. The van der Waals surface area contributed by atoms with Crippen LogP contribution in [0, 0.1) is 0 Å². The van der Waals surface area contributed by atoms with Crippen molar-refractivity contribution >= 4 is 49.6 Å². The van der Waals surface area contributed by atoms with Gasteiger partial charge in [-0.1, -0.05) is 24.3 Å². The Hall–Kier alpha value is -2.74. The molecule has 0 atom stereocenters. The number of nitrogens with zero attached hydrogens (tertiary/aromatic N) is 1. The van der Waals surface area contributed by atoms with Gasteiger partial charge in [-0.05, 0) is 54.6 Å². The second kappa shape index (κ2) is 7.01. The molecule has 4 N–H and O–H groups in total. The average Bonchev–Trinajstić information content (AvgIpc) is 3.27. The smallest absolute Gasteiger partial charge is 0.251 e. The number of fused-ring (bicyclic) bond motifs is 1. The minimum atomic E-state index is -0.898. The van der Waals surface area contributed by atoms with Crippen LogP contribution < -0.4 is 11.1 Å². The molecule has 0 aliphatic rings. The summed E-state index contributed by atoms with van der Waals surface area (Å²) in [6, 6.07) is 15.3. The second-order valence-electron chi connectivity index (χ2n) is 6.99. The Morgan fingerprint density at radius 1 is 1.14 bits per heavy atom. The minimum Gasteiger partial charge on any atom is -0.386 e. The predicted octanol–water partition coefficient (Wildman–Crippen LogP) is 5.09. The summed E-state index contributed by atoms with van der Waals surface area (Å²) < 4.78 is 0. The van der Waals surface area contributed by atoms with Gasteiger partial charge < -0.3 is 16.2 Å². The number of primary amides is 1. The molecule has 5 nitrogen and oxygen atoms in total. The fourth-order valence-electron chi connectivity index (χ4n) is 2.88. The zero-order valence-electron chi connectivity index (χ0n) is 15.4. The Bertz CT molecular complexity index is 1150. The first-order chi connectivity index (χ1) is 13.3. The molecule has 142 valence electrons. The molecular weight excluding hydrogens is 390 g/mol. The highest BCUT2D eigenvalue weighted by Gasteiger charge is 2.18. The summed E-state index contributed by atoms with van der Waals surface area (Å²) in [5.74, 6) is 0.179. The molecule has 0 saturated heterocycles. The number of aliphatic hydroxyl groups is 1. The highest BCUT2D eigenvalue weighted by molar-refractivity contribution is 7.20. The van der Waals surface area contributed by atoms with Crippen molar-refractivity contribution in [2.45, 2.75) is 19.4 Å². The lowest BCUT2D eigenvalue weighted by molar-refractivity contribution is 0.0786. The van der Waals surface area contributed by atoms with E-state index < -0.39 is 11.5 Å². The Morgan fingerprint density at radius 2 is 1.89 bits per heavy atom. The van der Waals surface area contributed by atoms with Crippen molar-refractivity contribution in [2.24, 2.45) is 5.73 Å². The van der Waals surface area contributed by atoms with Crippen LogP contribution in [0.4, 0.5) is 10.8 Å². The van der Waals surface area contributed by atoms with E-state index in [1.54, 1.807) is 31.3 Å². The van der Waals surface area contributed by atoms with Crippen LogP contribution >= 0.6 is 22.7 Å². The number of pyridine rings is 1. The SMILES string of the molecule is CC(C)(O)c1ccc(-c2cc(C(N)=O)c(Nc3ccc4ccsc4n3)s2)cc1. The van der Waals surface area contributed by atoms with Crippen LogP contribution in [-0.4, -0.2) is 16.0 Å². The van der Waals surface area contributed by atoms with Gasteiger partial charge in [-0.25, -0.2) is 4.98 Å². The molecular formula is C21H19N3O2S2. The number of anilines is 2. The Labute approximate surface area is 170 Å². The van der Waals surface area contributed by atoms with Crippen LogP contribution in [0.25, 0.3) is 20.7 Å². The number of carbonyl (C=O) groups excluding carboxylic acids is 1. The van der Waals surface area contributed by atoms with E-state index in [1.165, 1.54) is 11.3 Å². The van der Waals surface area contributed by atoms with E-state index in [-0.39, 0.29) is 0 Å². The molecule has 3 aromatic heterocycles. The molecule has 1 amide bonds. The first kappa shape index (κ1) is 18.6. The molecule has 0 radical (unpaired) electrons. The van der Waals surface area contributed by atoms with Gasteiger partial charge in [-0.2, -0.15) is 0 Å². The number of nitrogens with two attached hydrogens (primary N) is 1. The summed E-state index contributed by atoms with van der Waals surface area (Å²) in [6.07, 6.45) is 0. The van der Waals surface area contributed by atoms with Crippen molar-refractivity contribution in [3.05, 3.63) is 65.0 Å². The maximum absolute atomic E-state index is 12.0. The lowest BCUT2D eigenvalue weighted by Crippen LogP contribution is -2.14. The molecule has 1 aromatic carbocycles. The standard InChI is InChI=1S/C21H19N3O2S2/c1-21(2,26)14-6-3-12(4-7-14)16-11-15(18(22)25)20(28-16)24-17-8-5-13-9-10-27-19(13)23-17/h3-11,26H,1-2H3,(H2,22,25)(H,23,24). The molecule has 0 aliphatic carbocycles. The minimum absolute atomic E-state index is 0.430. The van der Waals surface area contributed by atoms with E-state index in [9.17, 15) is 9.90 Å². The zero-order chi connectivity index (χ0) is 19.9. The van der Waals surface area contributed by atoms with Crippen molar-refractivity contribution in [3.63, 3.8) is 0 Å². The third-order valence-corrected chi connectivity index (χ3v) is 6.35. The number of rotatable bonds is 5. The number of amides is 1. The molecule has 7 heteroatoms. The first-order valence-corrected chi connectivity index (χ1v) is 10.4. The van der Waals surface area contributed by atoms with E-state index in [0.29, 0.717) is 16.4 Å². The van der Waals surface area contributed by atoms with E-state index in [0.717, 1.165) is 26.2 Å². The number of aromatic nitrogens is 1. The number of thiophene rings is 2. The van der Waals surface area contributed by atoms with Gasteiger partial charge in [0.05, 0.1) is 11.2 Å². The quantitative estimate of drug-likeness (QED) is 0.428. The van der Waals surface area contributed by atoms with Crippen molar-refractivity contribution in [3.8, 4) is 10.4 Å². The lowest BCUT2D eigenvalue weighted by atomic mass is 9.97. The van der Waals surface area contributed by atoms with E-state index in [1.807, 2.05) is 47.8 Å². The molecule has 3 heterocycles. The maximum Gasteiger partial charge on any atom is 0.251 e. The van der Waals surface area contributed by atoms with Gasteiger partial charge in [0.2, 0.25) is 0 Å². The van der Waals surface area contributed by atoms with Gasteiger partial charge in [-0.15, -0.1) is 22.7 Å². The van der Waals surface area contributed by atoms with Crippen LogP contribution in [0.5, 0.6) is 0 Å². The average molecular weight is 410 g/mol. The number of hydrogen-bond donors (Lipinski definition) is 3. The molecule has 4 aromatic rings. The second-order valence-corrected chi connectivity index (χ2v) is 8.94. The van der Waals surface area contributed by atoms with Crippen LogP contribution in [-0.2, 0) is 5.60 Å². The molecule has 28 heavy (non-hydrogen) atoms.